The van der Waals surface area contributed by atoms with Gasteiger partial charge in [-0.3, -0.25) is 4.55 Å². The molecule has 0 spiro atoms. The van der Waals surface area contributed by atoms with Gasteiger partial charge in [-0.25, -0.2) is 0 Å². The Hall–Kier alpha value is -1.33. The molecule has 0 saturated heterocycles. The monoisotopic (exact) mass is 239 g/mol. The molecule has 0 unspecified atom stereocenters. The van der Waals surface area contributed by atoms with Crippen LogP contribution in [0.2, 0.25) is 0 Å². The number of aromatic amines is 1. The summed E-state index contributed by atoms with van der Waals surface area (Å²) in [7, 11) is -4.15. The number of aromatic nitrogens is 1. The second kappa shape index (κ2) is 3.61. The molecule has 0 fully saturated rings. The van der Waals surface area contributed by atoms with E-state index in [1.807, 2.05) is 12.1 Å². The van der Waals surface area contributed by atoms with Gasteiger partial charge in [-0.05, 0) is 17.5 Å². The van der Waals surface area contributed by atoms with Gasteiger partial charge in [0.05, 0.1) is 0 Å². The van der Waals surface area contributed by atoms with Gasteiger partial charge in [0, 0.05) is 17.1 Å². The molecule has 16 heavy (non-hydrogen) atoms. The van der Waals surface area contributed by atoms with Crippen molar-refractivity contribution in [2.24, 2.45) is 0 Å². The fraction of sp³-hybridized carbons (Fsp3) is 0.273. The van der Waals surface area contributed by atoms with Crippen LogP contribution in [0.1, 0.15) is 25.3 Å². The summed E-state index contributed by atoms with van der Waals surface area (Å²) < 4.78 is 31.1. The van der Waals surface area contributed by atoms with E-state index in [0.29, 0.717) is 11.3 Å². The maximum Gasteiger partial charge on any atom is 0.296 e. The van der Waals surface area contributed by atoms with Crippen LogP contribution >= 0.6 is 0 Å². The van der Waals surface area contributed by atoms with E-state index in [2.05, 4.69) is 18.8 Å². The predicted octanol–water partition coefficient (Wildman–Crippen LogP) is 2.54. The number of H-pyrrole nitrogens is 1. The van der Waals surface area contributed by atoms with Crippen LogP contribution in [-0.2, 0) is 10.1 Å². The van der Waals surface area contributed by atoms with Gasteiger partial charge in [-0.15, -0.1) is 0 Å². The summed E-state index contributed by atoms with van der Waals surface area (Å²) in [6, 6.07) is 5.48. The summed E-state index contributed by atoms with van der Waals surface area (Å²) in [5.74, 6) is 0.377. The van der Waals surface area contributed by atoms with Crippen LogP contribution < -0.4 is 0 Å². The van der Waals surface area contributed by atoms with Crippen LogP contribution in [-0.4, -0.2) is 18.0 Å². The van der Waals surface area contributed by atoms with Gasteiger partial charge < -0.3 is 4.98 Å². The molecule has 0 aliphatic heterocycles. The van der Waals surface area contributed by atoms with E-state index in [4.69, 9.17) is 4.55 Å². The molecule has 0 aliphatic carbocycles. The van der Waals surface area contributed by atoms with Gasteiger partial charge in [-0.2, -0.15) is 8.42 Å². The summed E-state index contributed by atoms with van der Waals surface area (Å²) in [5.41, 5.74) is 1.84. The van der Waals surface area contributed by atoms with Crippen molar-refractivity contribution in [3.8, 4) is 0 Å². The Labute approximate surface area is 94.0 Å². The second-order valence-electron chi connectivity index (χ2n) is 4.09. The number of benzene rings is 1. The van der Waals surface area contributed by atoms with Crippen LogP contribution in [0.25, 0.3) is 10.9 Å². The summed E-state index contributed by atoms with van der Waals surface area (Å²) in [5, 5.41) is 0.520. The summed E-state index contributed by atoms with van der Waals surface area (Å²) >= 11 is 0. The molecule has 2 rings (SSSR count). The minimum atomic E-state index is -4.15. The Bertz CT molecular complexity index is 626. The third kappa shape index (κ3) is 1.83. The zero-order valence-corrected chi connectivity index (χ0v) is 9.88. The molecule has 0 radical (unpaired) electrons. The highest BCUT2D eigenvalue weighted by atomic mass is 32.2. The lowest BCUT2D eigenvalue weighted by Gasteiger charge is -2.04. The molecule has 0 aliphatic rings. The first-order valence-electron chi connectivity index (χ1n) is 4.98. The molecule has 0 bridgehead atoms. The molecule has 0 amide bonds. The molecule has 0 atom stereocenters. The molecule has 1 heterocycles. The Morgan fingerprint density at radius 2 is 2.00 bits per heavy atom. The van der Waals surface area contributed by atoms with Crippen LogP contribution in [0.4, 0.5) is 0 Å². The second-order valence-corrected chi connectivity index (χ2v) is 5.48. The number of fused-ring (bicyclic) bond motifs is 1. The van der Waals surface area contributed by atoms with E-state index in [1.54, 1.807) is 6.07 Å². The van der Waals surface area contributed by atoms with Crippen molar-refractivity contribution in [2.45, 2.75) is 24.7 Å². The van der Waals surface area contributed by atoms with Gasteiger partial charge in [0.1, 0.15) is 4.90 Å². The minimum Gasteiger partial charge on any atom is -0.360 e. The Morgan fingerprint density at radius 3 is 2.56 bits per heavy atom. The smallest absolute Gasteiger partial charge is 0.296 e. The van der Waals surface area contributed by atoms with E-state index in [-0.39, 0.29) is 4.90 Å². The van der Waals surface area contributed by atoms with E-state index < -0.39 is 10.1 Å². The highest BCUT2D eigenvalue weighted by Gasteiger charge is 2.15. The molecular weight excluding hydrogens is 226 g/mol. The van der Waals surface area contributed by atoms with Crippen molar-refractivity contribution in [3.63, 3.8) is 0 Å². The normalized spacial score (nSPS) is 12.5. The first-order valence-corrected chi connectivity index (χ1v) is 6.42. The van der Waals surface area contributed by atoms with Crippen molar-refractivity contribution >= 4 is 21.0 Å². The first kappa shape index (κ1) is 11.2. The Morgan fingerprint density at radius 1 is 1.31 bits per heavy atom. The lowest BCUT2D eigenvalue weighted by atomic mass is 10.0. The third-order valence-corrected chi connectivity index (χ3v) is 3.51. The highest BCUT2D eigenvalue weighted by Crippen LogP contribution is 2.25. The molecule has 1 aromatic carbocycles. The van der Waals surface area contributed by atoms with E-state index in [0.717, 1.165) is 11.1 Å². The van der Waals surface area contributed by atoms with Gasteiger partial charge in [0.15, 0.2) is 0 Å². The fourth-order valence-electron chi connectivity index (χ4n) is 1.69. The Balaban J connectivity index is 2.69. The van der Waals surface area contributed by atoms with Crippen LogP contribution in [0.15, 0.2) is 29.3 Å². The van der Waals surface area contributed by atoms with Crippen molar-refractivity contribution < 1.29 is 13.0 Å². The predicted molar refractivity (Wildman–Crippen MR) is 62.2 cm³/mol. The molecule has 86 valence electrons. The SMILES string of the molecule is CC(C)c1ccc2c(S(=O)(=O)O)c[nH]c2c1. The maximum atomic E-state index is 11.1. The first-order chi connectivity index (χ1) is 7.39. The molecule has 1 aromatic heterocycles. The van der Waals surface area contributed by atoms with E-state index in [1.165, 1.54) is 6.20 Å². The number of hydrogen-bond acceptors (Lipinski definition) is 2. The molecule has 5 heteroatoms. The minimum absolute atomic E-state index is 0.0715. The van der Waals surface area contributed by atoms with Gasteiger partial charge in [0.25, 0.3) is 10.1 Å². The third-order valence-electron chi connectivity index (χ3n) is 2.61. The van der Waals surface area contributed by atoms with Crippen molar-refractivity contribution in [1.82, 2.24) is 4.98 Å². The van der Waals surface area contributed by atoms with Gasteiger partial charge >= 0.3 is 0 Å². The van der Waals surface area contributed by atoms with Crippen molar-refractivity contribution in [1.29, 1.82) is 0 Å². The average molecular weight is 239 g/mol. The number of hydrogen-bond donors (Lipinski definition) is 2. The topological polar surface area (TPSA) is 70.2 Å². The summed E-state index contributed by atoms with van der Waals surface area (Å²) in [6.45, 7) is 4.13. The lowest BCUT2D eigenvalue weighted by molar-refractivity contribution is 0.484. The number of rotatable bonds is 2. The fourth-order valence-corrected chi connectivity index (χ4v) is 2.35. The van der Waals surface area contributed by atoms with Crippen LogP contribution in [0, 0.1) is 0 Å². The highest BCUT2D eigenvalue weighted by molar-refractivity contribution is 7.86. The summed E-state index contributed by atoms with van der Waals surface area (Å²) in [4.78, 5) is 2.78. The quantitative estimate of drug-likeness (QED) is 0.791. The molecule has 2 N–H and O–H groups in total. The standard InChI is InChI=1S/C11H13NO3S/c1-7(2)8-3-4-9-10(5-8)12-6-11(9)16(13,14)15/h3-7,12H,1-2H3,(H,13,14,15). The van der Waals surface area contributed by atoms with Crippen LogP contribution in [0.3, 0.4) is 0 Å². The Kier molecular flexibility index (Phi) is 2.52. The van der Waals surface area contributed by atoms with Crippen LogP contribution in [0.5, 0.6) is 0 Å². The largest absolute Gasteiger partial charge is 0.360 e. The number of nitrogens with one attached hydrogen (secondary N) is 1. The van der Waals surface area contributed by atoms with Crippen molar-refractivity contribution in [2.75, 3.05) is 0 Å². The average Bonchev–Trinajstić information content (AvgIpc) is 2.58. The molecular formula is C11H13NO3S. The van der Waals surface area contributed by atoms with Gasteiger partial charge in [0.2, 0.25) is 0 Å². The lowest BCUT2D eigenvalue weighted by Crippen LogP contribution is -1.96. The zero-order valence-electron chi connectivity index (χ0n) is 9.06. The molecule has 4 nitrogen and oxygen atoms in total. The van der Waals surface area contributed by atoms with E-state index in [9.17, 15) is 8.42 Å². The molecule has 0 saturated carbocycles. The molecule has 2 aromatic rings. The van der Waals surface area contributed by atoms with Gasteiger partial charge in [-0.1, -0.05) is 26.0 Å². The zero-order chi connectivity index (χ0) is 11.9. The summed E-state index contributed by atoms with van der Waals surface area (Å²) in [6.07, 6.45) is 1.31. The van der Waals surface area contributed by atoms with Crippen molar-refractivity contribution in [3.05, 3.63) is 30.0 Å². The maximum absolute atomic E-state index is 11.1. The van der Waals surface area contributed by atoms with E-state index >= 15 is 0 Å².